The maximum Gasteiger partial charge on any atom is 0.262 e. The number of aromatic nitrogens is 3. The van der Waals surface area contributed by atoms with Crippen LogP contribution in [0.15, 0.2) is 39.9 Å². The zero-order valence-electron chi connectivity index (χ0n) is 19.0. The Bertz CT molecular complexity index is 1470. The minimum atomic E-state index is -0.678. The van der Waals surface area contributed by atoms with E-state index in [1.807, 2.05) is 0 Å². The van der Waals surface area contributed by atoms with Crippen LogP contribution in [0, 0.1) is 24.7 Å². The highest BCUT2D eigenvalue weighted by molar-refractivity contribution is 6.30. The molecule has 3 heterocycles. The van der Waals surface area contributed by atoms with Crippen LogP contribution in [0.1, 0.15) is 43.0 Å². The molecule has 1 saturated heterocycles. The Hall–Kier alpha value is -3.21. The molecule has 2 aromatic heterocycles. The number of nitrogens with zero attached hydrogens (tertiary/aromatic N) is 3. The average Bonchev–Trinajstić information content (AvgIpc) is 3.66. The number of carbonyl (C=O) groups is 1. The first-order valence-electron chi connectivity index (χ1n) is 11.4. The van der Waals surface area contributed by atoms with Gasteiger partial charge in [0.1, 0.15) is 11.9 Å². The highest BCUT2D eigenvalue weighted by Crippen LogP contribution is 2.31. The molecule has 34 heavy (non-hydrogen) atoms. The molecule has 1 saturated carbocycles. The van der Waals surface area contributed by atoms with Crippen LogP contribution in [0.5, 0.6) is 0 Å². The zero-order valence-corrected chi connectivity index (χ0v) is 19.8. The number of ether oxygens (including phenoxy) is 1. The molecule has 5 rings (SSSR count). The Labute approximate surface area is 201 Å². The average molecular weight is 478 g/mol. The fraction of sp³-hybridized carbons (Fsp3) is 0.385. The Morgan fingerprint density at radius 3 is 2.59 bits per heavy atom. The van der Waals surface area contributed by atoms with Gasteiger partial charge in [0.05, 0.1) is 11.1 Å². The van der Waals surface area contributed by atoms with E-state index in [2.05, 4.69) is 16.8 Å². The van der Waals surface area contributed by atoms with E-state index in [0.717, 1.165) is 12.8 Å². The van der Waals surface area contributed by atoms with Gasteiger partial charge in [-0.2, -0.15) is 0 Å². The first-order valence-corrected chi connectivity index (χ1v) is 11.8. The predicted molar refractivity (Wildman–Crippen MR) is 130 cm³/mol. The van der Waals surface area contributed by atoms with Crippen molar-refractivity contribution in [3.05, 3.63) is 67.4 Å². The fourth-order valence-electron chi connectivity index (χ4n) is 4.32. The molecule has 3 aromatic rings. The summed E-state index contributed by atoms with van der Waals surface area (Å²) >= 11 is 6.06. The van der Waals surface area contributed by atoms with Gasteiger partial charge in [0.25, 0.3) is 11.1 Å². The molecule has 0 N–H and O–H groups in total. The summed E-state index contributed by atoms with van der Waals surface area (Å²) in [4.78, 5) is 44.1. The lowest BCUT2D eigenvalue weighted by molar-refractivity contribution is -0.127. The summed E-state index contributed by atoms with van der Waals surface area (Å²) in [7, 11) is 1.66. The second-order valence-electron chi connectivity index (χ2n) is 8.97. The van der Waals surface area contributed by atoms with Crippen LogP contribution >= 0.6 is 11.6 Å². The van der Waals surface area contributed by atoms with Crippen molar-refractivity contribution in [3.8, 4) is 17.5 Å². The van der Waals surface area contributed by atoms with E-state index in [0.29, 0.717) is 58.5 Å². The molecule has 2 aliphatic rings. The zero-order chi connectivity index (χ0) is 24.0. The third-order valence-electron chi connectivity index (χ3n) is 6.57. The van der Waals surface area contributed by atoms with Gasteiger partial charge in [0, 0.05) is 30.2 Å². The Kier molecular flexibility index (Phi) is 5.88. The largest absolute Gasteiger partial charge is 0.369 e. The lowest BCUT2D eigenvalue weighted by atomic mass is 9.87. The number of carbonyl (C=O) groups excluding carboxylic acids is 1. The second kappa shape index (κ2) is 8.86. The first-order chi connectivity index (χ1) is 16.3. The normalized spacial score (nSPS) is 20.1. The number of fused-ring (bicyclic) bond motifs is 1. The molecule has 1 aliphatic heterocycles. The van der Waals surface area contributed by atoms with Crippen LogP contribution in [-0.2, 0) is 16.6 Å². The van der Waals surface area contributed by atoms with Crippen molar-refractivity contribution in [2.24, 2.45) is 13.0 Å². The molecular formula is C26H24ClN3O4. The monoisotopic (exact) mass is 477 g/mol. The van der Waals surface area contributed by atoms with E-state index in [1.165, 1.54) is 9.13 Å². The number of Topliss-reactive ketones (excluding diaryl/α,β-unsaturated/α-hetero) is 1. The molecule has 0 spiro atoms. The Balaban J connectivity index is 1.64. The first kappa shape index (κ1) is 22.6. The smallest absolute Gasteiger partial charge is 0.262 e. The molecule has 0 amide bonds. The van der Waals surface area contributed by atoms with Crippen LogP contribution in [0.25, 0.3) is 16.7 Å². The second-order valence-corrected chi connectivity index (χ2v) is 9.40. The summed E-state index contributed by atoms with van der Waals surface area (Å²) in [5.74, 6) is 6.04. The summed E-state index contributed by atoms with van der Waals surface area (Å²) in [6.07, 6.45) is 2.32. The molecule has 0 radical (unpaired) electrons. The van der Waals surface area contributed by atoms with Gasteiger partial charge in [-0.3, -0.25) is 23.5 Å². The van der Waals surface area contributed by atoms with Crippen molar-refractivity contribution in [1.29, 1.82) is 0 Å². The number of hydrogen-bond acceptors (Lipinski definition) is 5. The summed E-state index contributed by atoms with van der Waals surface area (Å²) in [6, 6.07) is 8.48. The van der Waals surface area contributed by atoms with E-state index >= 15 is 0 Å². The highest BCUT2D eigenvalue weighted by atomic mass is 35.5. The third-order valence-corrected chi connectivity index (χ3v) is 6.82. The molecule has 0 bridgehead atoms. The van der Waals surface area contributed by atoms with E-state index in [4.69, 9.17) is 16.3 Å². The standard InChI is InChI=1S/C26H24ClN3O4/c1-15-28-24-21(25(32)29(15)2)14-20(26(33)30(24)19-8-6-18(27)7-9-19)17-11-12-34-23(13-17)22(31)10-5-16-3-4-16/h6-9,14,16-17,23H,3-4,11-13H2,1-2H3. The van der Waals surface area contributed by atoms with E-state index < -0.39 is 6.10 Å². The fourth-order valence-corrected chi connectivity index (χ4v) is 4.44. The van der Waals surface area contributed by atoms with Crippen molar-refractivity contribution in [1.82, 2.24) is 14.1 Å². The number of rotatable bonds is 3. The van der Waals surface area contributed by atoms with Gasteiger partial charge in [-0.05, 0) is 74.8 Å². The predicted octanol–water partition coefficient (Wildman–Crippen LogP) is 3.29. The van der Waals surface area contributed by atoms with Gasteiger partial charge in [0.2, 0.25) is 5.78 Å². The van der Waals surface area contributed by atoms with Crippen molar-refractivity contribution in [2.75, 3.05) is 6.61 Å². The topological polar surface area (TPSA) is 83.2 Å². The van der Waals surface area contributed by atoms with Crippen molar-refractivity contribution in [2.45, 2.75) is 44.6 Å². The van der Waals surface area contributed by atoms with Gasteiger partial charge >= 0.3 is 0 Å². The summed E-state index contributed by atoms with van der Waals surface area (Å²) in [5.41, 5.74) is 0.836. The van der Waals surface area contributed by atoms with Crippen molar-refractivity contribution >= 4 is 28.4 Å². The van der Waals surface area contributed by atoms with Gasteiger partial charge in [-0.1, -0.05) is 17.5 Å². The number of aryl methyl sites for hydroxylation is 1. The molecule has 1 aliphatic carbocycles. The van der Waals surface area contributed by atoms with Crippen LogP contribution < -0.4 is 11.1 Å². The maximum absolute atomic E-state index is 13.8. The van der Waals surface area contributed by atoms with Crippen LogP contribution in [0.4, 0.5) is 0 Å². The third kappa shape index (κ3) is 4.20. The number of ketones is 1. The molecule has 7 nitrogen and oxygen atoms in total. The summed E-state index contributed by atoms with van der Waals surface area (Å²) < 4.78 is 8.64. The van der Waals surface area contributed by atoms with Gasteiger partial charge in [0.15, 0.2) is 5.65 Å². The van der Waals surface area contributed by atoms with E-state index in [9.17, 15) is 14.4 Å². The number of pyridine rings is 1. The molecule has 2 fully saturated rings. The lowest BCUT2D eigenvalue weighted by Crippen LogP contribution is -2.35. The summed E-state index contributed by atoms with van der Waals surface area (Å²) in [6.45, 7) is 2.07. The number of benzene rings is 1. The quantitative estimate of drug-likeness (QED) is 0.427. The van der Waals surface area contributed by atoms with Crippen molar-refractivity contribution in [3.63, 3.8) is 0 Å². The van der Waals surface area contributed by atoms with Crippen LogP contribution in [0.2, 0.25) is 5.02 Å². The van der Waals surface area contributed by atoms with Crippen LogP contribution in [0.3, 0.4) is 0 Å². The van der Waals surface area contributed by atoms with E-state index in [-0.39, 0.29) is 22.8 Å². The minimum absolute atomic E-state index is 0.235. The molecule has 174 valence electrons. The maximum atomic E-state index is 13.8. The Morgan fingerprint density at radius 1 is 1.15 bits per heavy atom. The van der Waals surface area contributed by atoms with Crippen molar-refractivity contribution < 1.29 is 9.53 Å². The molecule has 2 unspecified atom stereocenters. The number of hydrogen-bond donors (Lipinski definition) is 0. The molecule has 8 heteroatoms. The SMILES string of the molecule is Cc1nc2c(cc(C3CCOC(C(=O)C#CC4CC4)C3)c(=O)n2-c2ccc(Cl)cc2)c(=O)n1C. The van der Waals surface area contributed by atoms with E-state index in [1.54, 1.807) is 44.3 Å². The van der Waals surface area contributed by atoms with Gasteiger partial charge in [-0.15, -0.1) is 0 Å². The van der Waals surface area contributed by atoms with Crippen LogP contribution in [-0.4, -0.2) is 32.6 Å². The Morgan fingerprint density at radius 2 is 1.88 bits per heavy atom. The molecule has 1 aromatic carbocycles. The molecule has 2 atom stereocenters. The highest BCUT2D eigenvalue weighted by Gasteiger charge is 2.31. The lowest BCUT2D eigenvalue weighted by Gasteiger charge is -2.28. The molecular weight excluding hydrogens is 454 g/mol. The van der Waals surface area contributed by atoms with Gasteiger partial charge in [-0.25, -0.2) is 4.98 Å². The number of halogens is 1. The minimum Gasteiger partial charge on any atom is -0.369 e. The summed E-state index contributed by atoms with van der Waals surface area (Å²) in [5, 5.41) is 0.885. The van der Waals surface area contributed by atoms with Gasteiger partial charge < -0.3 is 4.74 Å².